The van der Waals surface area contributed by atoms with Crippen LogP contribution in [-0.2, 0) is 9.53 Å². The van der Waals surface area contributed by atoms with E-state index in [1.807, 2.05) is 19.1 Å². The molecule has 1 aliphatic carbocycles. The number of carboxylic acid groups (broad SMARTS) is 1. The van der Waals surface area contributed by atoms with Crippen LogP contribution in [0.5, 0.6) is 5.75 Å². The van der Waals surface area contributed by atoms with E-state index in [9.17, 15) is 9.59 Å². The predicted octanol–water partition coefficient (Wildman–Crippen LogP) is 4.97. The lowest BCUT2D eigenvalue weighted by Crippen LogP contribution is -2.37. The number of carbonyl (C=O) groups is 1. The van der Waals surface area contributed by atoms with Gasteiger partial charge in [0.05, 0.1) is 34.6 Å². The molecule has 0 radical (unpaired) electrons. The second-order valence-corrected chi connectivity index (χ2v) is 8.49. The molecule has 1 aliphatic rings. The summed E-state index contributed by atoms with van der Waals surface area (Å²) < 4.78 is 17.6. The Hall–Kier alpha value is -2.48. The van der Waals surface area contributed by atoms with E-state index in [1.165, 1.54) is 6.07 Å². The van der Waals surface area contributed by atoms with Crippen LogP contribution in [0.4, 0.5) is 0 Å². The van der Waals surface area contributed by atoms with Gasteiger partial charge in [0.1, 0.15) is 18.1 Å². The zero-order valence-electron chi connectivity index (χ0n) is 16.8. The van der Waals surface area contributed by atoms with E-state index in [1.54, 1.807) is 18.2 Å². The molecule has 1 N–H and O–H groups in total. The minimum Gasteiger partial charge on any atom is -0.490 e. The van der Waals surface area contributed by atoms with Crippen LogP contribution in [0.1, 0.15) is 18.4 Å². The molecule has 1 aromatic heterocycles. The van der Waals surface area contributed by atoms with Gasteiger partial charge in [0.2, 0.25) is 0 Å². The average Bonchev–Trinajstić information content (AvgIpc) is 2.66. The highest BCUT2D eigenvalue weighted by molar-refractivity contribution is 7.80. The van der Waals surface area contributed by atoms with E-state index in [0.717, 1.165) is 5.56 Å². The lowest BCUT2D eigenvalue weighted by Gasteiger charge is -2.32. The fourth-order valence-corrected chi connectivity index (χ4v) is 4.27. The number of rotatable bonds is 7. The molecule has 1 saturated carbocycles. The molecule has 162 valence electrons. The van der Waals surface area contributed by atoms with Gasteiger partial charge in [-0.15, -0.1) is 12.6 Å². The van der Waals surface area contributed by atoms with Crippen LogP contribution in [0.2, 0.25) is 5.02 Å². The summed E-state index contributed by atoms with van der Waals surface area (Å²) >= 11 is 10.8. The molecule has 8 heteroatoms. The van der Waals surface area contributed by atoms with Crippen molar-refractivity contribution in [2.75, 3.05) is 13.2 Å². The lowest BCUT2D eigenvalue weighted by atomic mass is 9.82. The van der Waals surface area contributed by atoms with E-state index in [0.29, 0.717) is 57.4 Å². The number of hydrogen-bond donors (Lipinski definition) is 2. The van der Waals surface area contributed by atoms with Crippen molar-refractivity contribution in [1.82, 2.24) is 0 Å². The normalized spacial score (nSPS) is 18.0. The van der Waals surface area contributed by atoms with Crippen molar-refractivity contribution in [3.05, 3.63) is 57.2 Å². The number of carboxylic acids is 1. The fraction of sp³-hybridized carbons (Fsp3) is 0.304. The molecule has 1 heterocycles. The van der Waals surface area contributed by atoms with Gasteiger partial charge in [-0.25, -0.2) is 0 Å². The Morgan fingerprint density at radius 1 is 1.26 bits per heavy atom. The van der Waals surface area contributed by atoms with Gasteiger partial charge in [0.15, 0.2) is 11.0 Å². The number of aliphatic carboxylic acids is 1. The smallest absolute Gasteiger partial charge is 0.306 e. The molecule has 2 aromatic carbocycles. The van der Waals surface area contributed by atoms with Gasteiger partial charge in [0, 0.05) is 11.0 Å². The second kappa shape index (κ2) is 8.94. The number of fused-ring (bicyclic) bond motifs is 1. The Kier molecular flexibility index (Phi) is 6.27. The SMILES string of the molecule is Cc1cc(S)c(-c2cc(=O)c3cccc(Cl)c3o2)c(OCCOC2CC(C(=O)O)C2)c1. The minimum absolute atomic E-state index is 0.0530. The molecule has 0 spiro atoms. The molecule has 0 aliphatic heterocycles. The maximum Gasteiger partial charge on any atom is 0.306 e. The van der Waals surface area contributed by atoms with Gasteiger partial charge >= 0.3 is 5.97 Å². The van der Waals surface area contributed by atoms with Crippen molar-refractivity contribution < 1.29 is 23.8 Å². The van der Waals surface area contributed by atoms with E-state index in [-0.39, 0.29) is 24.1 Å². The molecule has 4 rings (SSSR count). The van der Waals surface area contributed by atoms with Crippen LogP contribution < -0.4 is 10.2 Å². The first-order valence-electron chi connectivity index (χ1n) is 9.87. The van der Waals surface area contributed by atoms with Gasteiger partial charge in [-0.1, -0.05) is 17.7 Å². The van der Waals surface area contributed by atoms with Crippen molar-refractivity contribution >= 4 is 41.2 Å². The largest absolute Gasteiger partial charge is 0.490 e. The van der Waals surface area contributed by atoms with E-state index < -0.39 is 5.97 Å². The minimum atomic E-state index is -0.779. The zero-order valence-corrected chi connectivity index (χ0v) is 18.4. The van der Waals surface area contributed by atoms with Gasteiger partial charge in [-0.05, 0) is 49.6 Å². The first-order valence-corrected chi connectivity index (χ1v) is 10.7. The summed E-state index contributed by atoms with van der Waals surface area (Å²) in [5, 5.41) is 9.69. The first kappa shape index (κ1) is 21.7. The van der Waals surface area contributed by atoms with Crippen molar-refractivity contribution in [2.24, 2.45) is 5.92 Å². The summed E-state index contributed by atoms with van der Waals surface area (Å²) in [5.74, 6) is -0.266. The highest BCUT2D eigenvalue weighted by Gasteiger charge is 2.35. The highest BCUT2D eigenvalue weighted by atomic mass is 35.5. The summed E-state index contributed by atoms with van der Waals surface area (Å²) in [6.45, 7) is 2.50. The Morgan fingerprint density at radius 2 is 2.03 bits per heavy atom. The van der Waals surface area contributed by atoms with E-state index in [2.05, 4.69) is 12.6 Å². The number of aryl methyl sites for hydroxylation is 1. The molecule has 0 bridgehead atoms. The summed E-state index contributed by atoms with van der Waals surface area (Å²) in [7, 11) is 0. The van der Waals surface area contributed by atoms with Crippen molar-refractivity contribution in [3.8, 4) is 17.1 Å². The van der Waals surface area contributed by atoms with Gasteiger partial charge in [-0.2, -0.15) is 0 Å². The Labute approximate surface area is 189 Å². The maximum absolute atomic E-state index is 12.6. The predicted molar refractivity (Wildman–Crippen MR) is 121 cm³/mol. The topological polar surface area (TPSA) is 86.0 Å². The number of hydrogen-bond acceptors (Lipinski definition) is 6. The second-order valence-electron chi connectivity index (χ2n) is 7.60. The molecule has 1 fully saturated rings. The van der Waals surface area contributed by atoms with Crippen LogP contribution in [0, 0.1) is 12.8 Å². The van der Waals surface area contributed by atoms with Crippen LogP contribution in [0.15, 0.2) is 50.5 Å². The van der Waals surface area contributed by atoms with Crippen molar-refractivity contribution in [2.45, 2.75) is 30.8 Å². The number of para-hydroxylation sites is 1. The van der Waals surface area contributed by atoms with Crippen molar-refractivity contribution in [1.29, 1.82) is 0 Å². The summed E-state index contributed by atoms with van der Waals surface area (Å²) in [5.41, 5.74) is 1.60. The summed E-state index contributed by atoms with van der Waals surface area (Å²) in [6, 6.07) is 10.1. The fourth-order valence-electron chi connectivity index (χ4n) is 3.63. The molecule has 0 unspecified atom stereocenters. The third-order valence-electron chi connectivity index (χ3n) is 5.32. The third-order valence-corrected chi connectivity index (χ3v) is 5.97. The first-order chi connectivity index (χ1) is 14.8. The molecule has 6 nitrogen and oxygen atoms in total. The Morgan fingerprint density at radius 3 is 2.77 bits per heavy atom. The molecule has 31 heavy (non-hydrogen) atoms. The van der Waals surface area contributed by atoms with E-state index in [4.69, 9.17) is 30.6 Å². The number of halogens is 1. The molecule has 0 amide bonds. The van der Waals surface area contributed by atoms with Crippen LogP contribution in [0.3, 0.4) is 0 Å². The standard InChI is InChI=1S/C23H21ClO6S/c1-12-7-18(29-6-5-28-14-9-13(10-14)23(26)27)21(20(31)8-12)19-11-17(25)15-3-2-4-16(24)22(15)30-19/h2-4,7-8,11,13-14,31H,5-6,9-10H2,1H3,(H,26,27). The molecular formula is C23H21ClO6S. The number of benzene rings is 2. The zero-order chi connectivity index (χ0) is 22.1. The van der Waals surface area contributed by atoms with Crippen LogP contribution in [-0.4, -0.2) is 30.4 Å². The molecule has 0 atom stereocenters. The average molecular weight is 461 g/mol. The molecule has 0 saturated heterocycles. The monoisotopic (exact) mass is 460 g/mol. The van der Waals surface area contributed by atoms with Gasteiger partial charge < -0.3 is 19.0 Å². The third kappa shape index (κ3) is 4.59. The summed E-state index contributed by atoms with van der Waals surface area (Å²) in [4.78, 5) is 24.1. The Bertz CT molecular complexity index is 1200. The maximum atomic E-state index is 12.6. The summed E-state index contributed by atoms with van der Waals surface area (Å²) in [6.07, 6.45) is 0.992. The molecular weight excluding hydrogens is 440 g/mol. The highest BCUT2D eigenvalue weighted by Crippen LogP contribution is 2.38. The van der Waals surface area contributed by atoms with Crippen LogP contribution >= 0.6 is 24.2 Å². The van der Waals surface area contributed by atoms with Gasteiger partial charge in [0.25, 0.3) is 0 Å². The Balaban J connectivity index is 1.55. The number of ether oxygens (including phenoxy) is 2. The number of thiol groups is 1. The van der Waals surface area contributed by atoms with E-state index >= 15 is 0 Å². The quantitative estimate of drug-likeness (QED) is 0.382. The lowest BCUT2D eigenvalue weighted by molar-refractivity contribution is -0.151. The van der Waals surface area contributed by atoms with Crippen molar-refractivity contribution in [3.63, 3.8) is 0 Å². The van der Waals surface area contributed by atoms with Gasteiger partial charge in [-0.3, -0.25) is 9.59 Å². The molecule has 3 aromatic rings. The van der Waals surface area contributed by atoms with Crippen LogP contribution in [0.25, 0.3) is 22.3 Å².